The minimum Gasteiger partial charge on any atom is -0.481 e. The smallest absolute Gasteiger partial charge is 0.309 e. The molecule has 3 saturated carbocycles. The van der Waals surface area contributed by atoms with Crippen LogP contribution in [0.25, 0.3) is 5.78 Å². The number of carboxylic acids is 1. The quantitative estimate of drug-likeness (QED) is 0.432. The molecule has 0 spiro atoms. The molecule has 0 unspecified atom stereocenters. The number of fused-ring (bicyclic) bond motifs is 4. The summed E-state index contributed by atoms with van der Waals surface area (Å²) in [5.41, 5.74) is -0.131. The number of carbonyl (C=O) groups excluding carboxylic acids is 2. The first-order valence-corrected chi connectivity index (χ1v) is 11.4. The van der Waals surface area contributed by atoms with E-state index in [1.54, 1.807) is 6.07 Å². The van der Waals surface area contributed by atoms with Gasteiger partial charge in [0.2, 0.25) is 5.95 Å². The molecule has 3 aromatic heterocycles. The molecule has 2 amide bonds. The van der Waals surface area contributed by atoms with Gasteiger partial charge in [0.25, 0.3) is 17.6 Å². The molecule has 3 aromatic rings. The van der Waals surface area contributed by atoms with Crippen LogP contribution in [0.5, 0.6) is 0 Å². The lowest BCUT2D eigenvalue weighted by molar-refractivity contribution is -0.158. The number of nitrogens with zero attached hydrogens (tertiary/aromatic N) is 5. The summed E-state index contributed by atoms with van der Waals surface area (Å²) >= 11 is 0. The van der Waals surface area contributed by atoms with E-state index in [-0.39, 0.29) is 29.1 Å². The third kappa shape index (κ3) is 4.31. The highest BCUT2D eigenvalue weighted by Gasteiger charge is 2.52. The molecule has 0 aromatic carbocycles. The fourth-order valence-corrected chi connectivity index (χ4v) is 5.12. The molecule has 0 aliphatic heterocycles. The van der Waals surface area contributed by atoms with Crippen molar-refractivity contribution in [1.29, 1.82) is 0 Å². The van der Waals surface area contributed by atoms with Crippen molar-refractivity contribution in [3.8, 4) is 0 Å². The van der Waals surface area contributed by atoms with Crippen LogP contribution in [0.15, 0.2) is 30.7 Å². The fraction of sp³-hybridized carbons (Fsp3) is 0.435. The Morgan fingerprint density at radius 2 is 1.77 bits per heavy atom. The Labute approximate surface area is 199 Å². The predicted molar refractivity (Wildman–Crippen MR) is 119 cm³/mol. The zero-order valence-corrected chi connectivity index (χ0v) is 18.8. The number of amides is 2. The fourth-order valence-electron chi connectivity index (χ4n) is 5.12. The van der Waals surface area contributed by atoms with Gasteiger partial charge in [-0.15, -0.1) is 0 Å². The van der Waals surface area contributed by atoms with Crippen molar-refractivity contribution >= 4 is 23.6 Å². The summed E-state index contributed by atoms with van der Waals surface area (Å²) in [5.74, 6) is -2.26. The molecular weight excluding hydrogens is 457 g/mol. The van der Waals surface area contributed by atoms with Gasteiger partial charge in [-0.05, 0) is 61.6 Å². The number of carboxylic acid groups (broad SMARTS) is 1. The van der Waals surface area contributed by atoms with Crippen molar-refractivity contribution in [2.24, 2.45) is 10.8 Å². The van der Waals surface area contributed by atoms with E-state index < -0.39 is 29.1 Å². The molecule has 0 radical (unpaired) electrons. The maximum absolute atomic E-state index is 13.3. The van der Waals surface area contributed by atoms with E-state index in [4.69, 9.17) is 0 Å². The Hall–Kier alpha value is -3.96. The first kappa shape index (κ1) is 22.8. The predicted octanol–water partition coefficient (Wildman–Crippen LogP) is 1.74. The molecule has 3 heterocycles. The van der Waals surface area contributed by atoms with E-state index in [0.717, 1.165) is 19.3 Å². The van der Waals surface area contributed by atoms with Crippen LogP contribution in [-0.4, -0.2) is 54.0 Å². The summed E-state index contributed by atoms with van der Waals surface area (Å²) in [5, 5.41) is 19.2. The van der Waals surface area contributed by atoms with Gasteiger partial charge in [0, 0.05) is 25.4 Å². The van der Waals surface area contributed by atoms with Crippen molar-refractivity contribution in [1.82, 2.24) is 35.2 Å². The van der Waals surface area contributed by atoms with E-state index in [0.29, 0.717) is 31.4 Å². The van der Waals surface area contributed by atoms with Crippen LogP contribution < -0.4 is 10.6 Å². The van der Waals surface area contributed by atoms with E-state index in [2.05, 4.69) is 30.7 Å². The lowest BCUT2D eigenvalue weighted by Gasteiger charge is -2.51. The molecule has 0 saturated heterocycles. The highest BCUT2D eigenvalue weighted by atomic mass is 19.1. The van der Waals surface area contributed by atoms with Crippen molar-refractivity contribution in [2.45, 2.75) is 45.1 Å². The number of pyridine rings is 1. The molecule has 3 aliphatic rings. The van der Waals surface area contributed by atoms with Crippen LogP contribution in [0.3, 0.4) is 0 Å². The zero-order chi connectivity index (χ0) is 24.6. The summed E-state index contributed by atoms with van der Waals surface area (Å²) in [6.07, 6.45) is 6.64. The molecule has 12 heteroatoms. The maximum Gasteiger partial charge on any atom is 0.309 e. The van der Waals surface area contributed by atoms with Crippen LogP contribution in [0.2, 0.25) is 0 Å². The molecule has 182 valence electrons. The largest absolute Gasteiger partial charge is 0.481 e. The molecular formula is C23H24FN7O4. The number of hydrogen-bond acceptors (Lipinski definition) is 7. The topological polar surface area (TPSA) is 151 Å². The lowest BCUT2D eigenvalue weighted by atomic mass is 9.53. The van der Waals surface area contributed by atoms with Crippen LogP contribution in [0, 0.1) is 16.8 Å². The molecule has 3 aliphatic carbocycles. The number of rotatable bonds is 7. The highest BCUT2D eigenvalue weighted by molar-refractivity contribution is 5.98. The molecule has 2 bridgehead atoms. The third-order valence-corrected chi connectivity index (χ3v) is 7.44. The van der Waals surface area contributed by atoms with Gasteiger partial charge in [-0.2, -0.15) is 19.0 Å². The Bertz CT molecular complexity index is 1300. The minimum atomic E-state index is -0.722. The van der Waals surface area contributed by atoms with Crippen LogP contribution >= 0.6 is 0 Å². The van der Waals surface area contributed by atoms with Gasteiger partial charge in [0.15, 0.2) is 0 Å². The van der Waals surface area contributed by atoms with E-state index in [1.807, 2.05) is 0 Å². The highest BCUT2D eigenvalue weighted by Crippen LogP contribution is 2.56. The van der Waals surface area contributed by atoms with E-state index >= 15 is 0 Å². The van der Waals surface area contributed by atoms with E-state index in [1.165, 1.54) is 29.2 Å². The number of nitrogens with one attached hydrogen (secondary N) is 2. The van der Waals surface area contributed by atoms with Gasteiger partial charge in [0.05, 0.1) is 5.41 Å². The first-order chi connectivity index (χ1) is 16.8. The second-order valence-corrected chi connectivity index (χ2v) is 9.44. The number of halogens is 1. The molecule has 0 atom stereocenters. The normalized spacial score (nSPS) is 23.2. The zero-order valence-electron chi connectivity index (χ0n) is 18.8. The Kier molecular flexibility index (Phi) is 5.65. The van der Waals surface area contributed by atoms with Gasteiger partial charge in [-0.25, -0.2) is 9.97 Å². The van der Waals surface area contributed by atoms with Crippen molar-refractivity contribution in [3.05, 3.63) is 53.6 Å². The molecule has 35 heavy (non-hydrogen) atoms. The molecule has 3 fully saturated rings. The van der Waals surface area contributed by atoms with Crippen molar-refractivity contribution in [3.63, 3.8) is 0 Å². The van der Waals surface area contributed by atoms with Crippen LogP contribution in [-0.2, 0) is 11.3 Å². The number of hydrogen-bond donors (Lipinski definition) is 3. The number of carbonyl (C=O) groups is 3. The summed E-state index contributed by atoms with van der Waals surface area (Å²) in [6.45, 7) is 0.467. The Morgan fingerprint density at radius 1 is 1.03 bits per heavy atom. The van der Waals surface area contributed by atoms with E-state index in [9.17, 15) is 23.9 Å². The van der Waals surface area contributed by atoms with Gasteiger partial charge < -0.3 is 15.7 Å². The van der Waals surface area contributed by atoms with Crippen LogP contribution in [0.1, 0.15) is 65.1 Å². The van der Waals surface area contributed by atoms with Gasteiger partial charge >= 0.3 is 5.97 Å². The summed E-state index contributed by atoms with van der Waals surface area (Å²) in [4.78, 5) is 49.2. The standard InChI is InChI=1S/C23H24FN7O4/c24-17-9-14(1-8-25-17)11-26-18(32)15-10-16(31-21(30-15)28-13-29-31)19(33)27-12-22-2-5-23(6-3-22,7-4-22)20(34)35/h1,8-10,13H,2-7,11-12H2,(H,26,32)(H,27,33)(H,34,35). The molecule has 11 nitrogen and oxygen atoms in total. The average molecular weight is 481 g/mol. The lowest BCUT2D eigenvalue weighted by Crippen LogP contribution is -2.50. The Balaban J connectivity index is 1.29. The summed E-state index contributed by atoms with van der Waals surface area (Å²) in [7, 11) is 0. The van der Waals surface area contributed by atoms with Gasteiger partial charge in [0.1, 0.15) is 17.7 Å². The third-order valence-electron chi connectivity index (χ3n) is 7.44. The SMILES string of the molecule is O=C(NCc1ccnc(F)c1)c1cc(C(=O)NCC23CCC(C(=O)O)(CC2)CC3)n2ncnc2n1. The van der Waals surface area contributed by atoms with Crippen LogP contribution in [0.4, 0.5) is 4.39 Å². The molecule has 3 N–H and O–H groups in total. The molecule has 6 rings (SSSR count). The monoisotopic (exact) mass is 481 g/mol. The number of aromatic nitrogens is 5. The summed E-state index contributed by atoms with van der Waals surface area (Å²) in [6, 6.07) is 4.13. The second-order valence-electron chi connectivity index (χ2n) is 9.44. The van der Waals surface area contributed by atoms with Crippen molar-refractivity contribution in [2.75, 3.05) is 6.54 Å². The maximum atomic E-state index is 13.3. The van der Waals surface area contributed by atoms with Gasteiger partial charge in [-0.1, -0.05) is 0 Å². The Morgan fingerprint density at radius 3 is 2.46 bits per heavy atom. The van der Waals surface area contributed by atoms with Gasteiger partial charge in [-0.3, -0.25) is 14.4 Å². The first-order valence-electron chi connectivity index (χ1n) is 11.4. The van der Waals surface area contributed by atoms with Crippen molar-refractivity contribution < 1.29 is 23.9 Å². The summed E-state index contributed by atoms with van der Waals surface area (Å²) < 4.78 is 14.6. The number of aliphatic carboxylic acids is 1. The second kappa shape index (κ2) is 8.67. The average Bonchev–Trinajstić information content (AvgIpc) is 3.35. The minimum absolute atomic E-state index is 0.0232.